The molecule has 2 atom stereocenters. The van der Waals surface area contributed by atoms with Crippen LogP contribution in [0.25, 0.3) is 0 Å². The van der Waals surface area contributed by atoms with Crippen LogP contribution in [-0.4, -0.2) is 30.3 Å². The molecule has 0 aliphatic heterocycles. The molecule has 2 fully saturated rings. The Labute approximate surface area is 135 Å². The van der Waals surface area contributed by atoms with E-state index in [1.165, 1.54) is 38.5 Å². The largest absolute Gasteiger partial charge is 0.444 e. The van der Waals surface area contributed by atoms with Crippen molar-refractivity contribution >= 4 is 6.09 Å². The van der Waals surface area contributed by atoms with E-state index in [9.17, 15) is 4.79 Å². The molecule has 2 aliphatic carbocycles. The molecule has 0 heterocycles. The topological polar surface area (TPSA) is 50.4 Å². The van der Waals surface area contributed by atoms with E-state index in [-0.39, 0.29) is 12.1 Å². The molecule has 1 amide bonds. The third-order valence-corrected chi connectivity index (χ3v) is 4.90. The lowest BCUT2D eigenvalue weighted by atomic mass is 9.90. The van der Waals surface area contributed by atoms with Gasteiger partial charge in [0.15, 0.2) is 0 Å². The maximum atomic E-state index is 11.9. The van der Waals surface area contributed by atoms with Crippen molar-refractivity contribution < 1.29 is 9.53 Å². The Morgan fingerprint density at radius 3 is 2.50 bits per heavy atom. The van der Waals surface area contributed by atoms with Crippen LogP contribution in [0, 0.1) is 5.41 Å². The smallest absolute Gasteiger partial charge is 0.407 e. The van der Waals surface area contributed by atoms with Crippen molar-refractivity contribution in [3.63, 3.8) is 0 Å². The molecule has 0 aromatic rings. The molecule has 0 radical (unpaired) electrons. The van der Waals surface area contributed by atoms with E-state index < -0.39 is 5.60 Å². The summed E-state index contributed by atoms with van der Waals surface area (Å²) in [5.41, 5.74) is 0.176. The van der Waals surface area contributed by atoms with E-state index in [1.807, 2.05) is 20.8 Å². The van der Waals surface area contributed by atoms with Crippen molar-refractivity contribution in [3.05, 3.63) is 0 Å². The second-order valence-corrected chi connectivity index (χ2v) is 8.34. The fourth-order valence-corrected chi connectivity index (χ4v) is 3.56. The summed E-state index contributed by atoms with van der Waals surface area (Å²) in [7, 11) is 0. The number of hydrogen-bond donors (Lipinski definition) is 2. The third-order valence-electron chi connectivity index (χ3n) is 4.90. The minimum Gasteiger partial charge on any atom is -0.444 e. The molecule has 4 nitrogen and oxygen atoms in total. The van der Waals surface area contributed by atoms with Crippen LogP contribution in [-0.2, 0) is 4.74 Å². The van der Waals surface area contributed by atoms with E-state index in [1.54, 1.807) is 0 Å². The summed E-state index contributed by atoms with van der Waals surface area (Å²) < 4.78 is 5.36. The monoisotopic (exact) mass is 310 g/mol. The first kappa shape index (κ1) is 17.6. The number of ether oxygens (including phenoxy) is 1. The van der Waals surface area contributed by atoms with Crippen molar-refractivity contribution in [2.45, 2.75) is 96.7 Å². The molecule has 0 bridgehead atoms. The number of hydrogen-bond acceptors (Lipinski definition) is 3. The second-order valence-electron chi connectivity index (χ2n) is 8.34. The second kappa shape index (κ2) is 7.20. The zero-order valence-corrected chi connectivity index (χ0v) is 14.8. The van der Waals surface area contributed by atoms with Crippen molar-refractivity contribution in [1.29, 1.82) is 0 Å². The summed E-state index contributed by atoms with van der Waals surface area (Å²) in [6.45, 7) is 9.15. The van der Waals surface area contributed by atoms with Gasteiger partial charge in [0.05, 0.1) is 0 Å². The summed E-state index contributed by atoms with van der Waals surface area (Å²) >= 11 is 0. The summed E-state index contributed by atoms with van der Waals surface area (Å²) in [6.07, 6.45) is 9.65. The summed E-state index contributed by atoms with van der Waals surface area (Å²) in [5, 5.41) is 6.81. The third kappa shape index (κ3) is 5.79. The van der Waals surface area contributed by atoms with E-state index in [2.05, 4.69) is 17.6 Å². The van der Waals surface area contributed by atoms with E-state index in [0.29, 0.717) is 11.5 Å². The Kier molecular flexibility index (Phi) is 5.76. The number of carbonyl (C=O) groups is 1. The van der Waals surface area contributed by atoms with Gasteiger partial charge in [0.2, 0.25) is 0 Å². The average molecular weight is 310 g/mol. The predicted octanol–water partition coefficient (Wildman–Crippen LogP) is 3.99. The predicted molar refractivity (Wildman–Crippen MR) is 90.0 cm³/mol. The van der Waals surface area contributed by atoms with Crippen molar-refractivity contribution in [2.75, 3.05) is 6.54 Å². The number of nitrogens with one attached hydrogen (secondary N) is 2. The maximum absolute atomic E-state index is 11.9. The number of rotatable bonds is 6. The van der Waals surface area contributed by atoms with Crippen molar-refractivity contribution in [2.24, 2.45) is 5.41 Å². The van der Waals surface area contributed by atoms with E-state index >= 15 is 0 Å². The molecule has 2 saturated carbocycles. The first-order chi connectivity index (χ1) is 10.3. The Bertz CT molecular complexity index is 372. The highest BCUT2D eigenvalue weighted by Gasteiger charge is 2.41. The average Bonchev–Trinajstić information content (AvgIpc) is 3.15. The van der Waals surface area contributed by atoms with E-state index in [4.69, 9.17) is 4.74 Å². The van der Waals surface area contributed by atoms with Gasteiger partial charge in [0.25, 0.3) is 0 Å². The molecule has 2 rings (SSSR count). The Morgan fingerprint density at radius 1 is 1.23 bits per heavy atom. The van der Waals surface area contributed by atoms with E-state index in [0.717, 1.165) is 19.4 Å². The van der Waals surface area contributed by atoms with Gasteiger partial charge in [-0.1, -0.05) is 13.3 Å². The van der Waals surface area contributed by atoms with Gasteiger partial charge in [0.1, 0.15) is 5.60 Å². The highest BCUT2D eigenvalue weighted by molar-refractivity contribution is 5.68. The summed E-state index contributed by atoms with van der Waals surface area (Å²) in [4.78, 5) is 11.9. The molecule has 128 valence electrons. The Balaban J connectivity index is 1.71. The molecule has 0 saturated heterocycles. The number of amides is 1. The summed E-state index contributed by atoms with van der Waals surface area (Å²) in [6, 6.07) is 0.797. The first-order valence-corrected chi connectivity index (χ1v) is 9.05. The lowest BCUT2D eigenvalue weighted by molar-refractivity contribution is 0.0488. The highest BCUT2D eigenvalue weighted by Crippen LogP contribution is 2.49. The molecular weight excluding hydrogens is 276 g/mol. The van der Waals surface area contributed by atoms with Crippen molar-refractivity contribution in [1.82, 2.24) is 10.6 Å². The fourth-order valence-electron chi connectivity index (χ4n) is 3.56. The minimum atomic E-state index is -0.422. The molecule has 4 heteroatoms. The Morgan fingerprint density at radius 2 is 1.91 bits per heavy atom. The van der Waals surface area contributed by atoms with Crippen LogP contribution < -0.4 is 10.6 Å². The van der Waals surface area contributed by atoms with Crippen LogP contribution >= 0.6 is 0 Å². The Hall–Kier alpha value is -0.770. The van der Waals surface area contributed by atoms with Crippen LogP contribution in [0.4, 0.5) is 4.79 Å². The SMILES string of the molecule is CCCC1(CNC2CCCC(NC(=O)OC(C)(C)C)C2)CC1. The van der Waals surface area contributed by atoms with Gasteiger partial charge in [-0.3, -0.25) is 0 Å². The summed E-state index contributed by atoms with van der Waals surface area (Å²) in [5.74, 6) is 0. The lowest BCUT2D eigenvalue weighted by Gasteiger charge is -2.32. The standard InChI is InChI=1S/C18H34N2O2/c1-5-9-18(10-11-18)13-19-14-7-6-8-15(12-14)20-16(21)22-17(2,3)4/h14-15,19H,5-13H2,1-4H3,(H,20,21). The minimum absolute atomic E-state index is 0.252. The molecule has 0 spiro atoms. The van der Waals surface area contributed by atoms with Gasteiger partial charge < -0.3 is 15.4 Å². The zero-order valence-electron chi connectivity index (χ0n) is 14.8. The fraction of sp³-hybridized carbons (Fsp3) is 0.944. The number of carbonyl (C=O) groups excluding carboxylic acids is 1. The zero-order chi connectivity index (χ0) is 16.2. The van der Waals surface area contributed by atoms with Gasteiger partial charge in [0, 0.05) is 18.6 Å². The highest BCUT2D eigenvalue weighted by atomic mass is 16.6. The van der Waals surface area contributed by atoms with Gasteiger partial charge in [-0.05, 0) is 71.1 Å². The molecule has 2 unspecified atom stereocenters. The number of alkyl carbamates (subject to hydrolysis) is 1. The van der Waals surface area contributed by atoms with Crippen LogP contribution in [0.5, 0.6) is 0 Å². The van der Waals surface area contributed by atoms with Crippen molar-refractivity contribution in [3.8, 4) is 0 Å². The molecule has 22 heavy (non-hydrogen) atoms. The quantitative estimate of drug-likeness (QED) is 0.780. The molecule has 2 aliphatic rings. The normalized spacial score (nSPS) is 27.3. The molecular formula is C18H34N2O2. The first-order valence-electron chi connectivity index (χ1n) is 9.05. The van der Waals surface area contributed by atoms with Gasteiger partial charge in [-0.15, -0.1) is 0 Å². The maximum Gasteiger partial charge on any atom is 0.407 e. The molecule has 0 aromatic heterocycles. The lowest BCUT2D eigenvalue weighted by Crippen LogP contribution is -2.46. The molecule has 0 aromatic carbocycles. The van der Waals surface area contributed by atoms with Crippen LogP contribution in [0.15, 0.2) is 0 Å². The van der Waals surface area contributed by atoms with Gasteiger partial charge >= 0.3 is 6.09 Å². The molecule has 2 N–H and O–H groups in total. The van der Waals surface area contributed by atoms with Gasteiger partial charge in [-0.25, -0.2) is 4.79 Å². The van der Waals surface area contributed by atoms with Crippen LogP contribution in [0.1, 0.15) is 79.1 Å². The van der Waals surface area contributed by atoms with Crippen LogP contribution in [0.3, 0.4) is 0 Å². The van der Waals surface area contributed by atoms with Crippen LogP contribution in [0.2, 0.25) is 0 Å². The van der Waals surface area contributed by atoms with Gasteiger partial charge in [-0.2, -0.15) is 0 Å².